The lowest BCUT2D eigenvalue weighted by molar-refractivity contribution is 0.669. The van der Waals surface area contributed by atoms with Crippen LogP contribution in [0.3, 0.4) is 0 Å². The van der Waals surface area contributed by atoms with Gasteiger partial charge in [0.25, 0.3) is 0 Å². The van der Waals surface area contributed by atoms with Crippen molar-refractivity contribution in [1.82, 2.24) is 4.98 Å². The van der Waals surface area contributed by atoms with Crippen LogP contribution in [0.2, 0.25) is 0 Å². The van der Waals surface area contributed by atoms with E-state index in [1.165, 1.54) is 27.1 Å². The van der Waals surface area contributed by atoms with Crippen molar-refractivity contribution in [2.75, 3.05) is 0 Å². The number of furan rings is 1. The summed E-state index contributed by atoms with van der Waals surface area (Å²) in [6, 6.07) is 57.9. The molecule has 2 nitrogen and oxygen atoms in total. The van der Waals surface area contributed by atoms with Crippen LogP contribution < -0.4 is 0 Å². The third kappa shape index (κ3) is 4.30. The summed E-state index contributed by atoms with van der Waals surface area (Å²) >= 11 is 0. The Kier molecular flexibility index (Phi) is 5.85. The van der Waals surface area contributed by atoms with E-state index in [0.717, 1.165) is 61.1 Å². The van der Waals surface area contributed by atoms with E-state index < -0.39 is 0 Å². The Labute approximate surface area is 260 Å². The molecule has 0 saturated carbocycles. The zero-order valence-electron chi connectivity index (χ0n) is 24.4. The highest BCUT2D eigenvalue weighted by Gasteiger charge is 2.17. The van der Waals surface area contributed by atoms with Crippen molar-refractivity contribution in [3.8, 4) is 44.8 Å². The van der Waals surface area contributed by atoms with Crippen molar-refractivity contribution in [2.24, 2.45) is 0 Å². The van der Waals surface area contributed by atoms with Crippen LogP contribution >= 0.6 is 0 Å². The van der Waals surface area contributed by atoms with E-state index in [-0.39, 0.29) is 0 Å². The molecule has 9 aromatic rings. The van der Waals surface area contributed by atoms with Gasteiger partial charge in [-0.3, -0.25) is 0 Å². The molecule has 0 spiro atoms. The van der Waals surface area contributed by atoms with E-state index in [2.05, 4.69) is 158 Å². The zero-order valence-corrected chi connectivity index (χ0v) is 24.4. The van der Waals surface area contributed by atoms with E-state index >= 15 is 0 Å². The van der Waals surface area contributed by atoms with E-state index in [9.17, 15) is 0 Å². The fourth-order valence-electron chi connectivity index (χ4n) is 6.72. The van der Waals surface area contributed by atoms with Gasteiger partial charge in [-0.1, -0.05) is 127 Å². The quantitative estimate of drug-likeness (QED) is 0.196. The number of fused-ring (bicyclic) bond motifs is 6. The topological polar surface area (TPSA) is 26.0 Å². The summed E-state index contributed by atoms with van der Waals surface area (Å²) in [5, 5.41) is 7.18. The predicted molar refractivity (Wildman–Crippen MR) is 188 cm³/mol. The molecule has 0 aliphatic carbocycles. The Morgan fingerprint density at radius 3 is 1.87 bits per heavy atom. The number of aromatic nitrogens is 1. The summed E-state index contributed by atoms with van der Waals surface area (Å²) in [4.78, 5) is 5.25. The van der Waals surface area contributed by atoms with Crippen LogP contribution in [-0.2, 0) is 0 Å². The fraction of sp³-hybridized carbons (Fsp3) is 0. The third-order valence-corrected chi connectivity index (χ3v) is 8.85. The van der Waals surface area contributed by atoms with Crippen molar-refractivity contribution < 1.29 is 4.42 Å². The number of hydrogen-bond acceptors (Lipinski definition) is 2. The van der Waals surface area contributed by atoms with Gasteiger partial charge in [-0.15, -0.1) is 0 Å². The highest BCUT2D eigenvalue weighted by Crippen LogP contribution is 2.41. The summed E-state index contributed by atoms with van der Waals surface area (Å²) in [7, 11) is 0. The standard InChI is InChI=1S/C43H27NO/c1-3-12-28(13-4-1)32-26-39(29-14-5-2-6-15-29)44-40(27-32)36-20-11-21-42-43(36)38-25-31(22-23-41(38)45-42)37-24-30-16-7-8-17-33(30)34-18-9-10-19-35(34)37/h1-27H. The molecule has 0 bridgehead atoms. The monoisotopic (exact) mass is 573 g/mol. The molecule has 0 radical (unpaired) electrons. The minimum Gasteiger partial charge on any atom is -0.456 e. The maximum absolute atomic E-state index is 6.47. The SMILES string of the molecule is c1ccc(-c2cc(-c3ccccc3)nc(-c3cccc4oc5ccc(-c6cc7ccccc7c7ccccc67)cc5c34)c2)cc1. The molecule has 0 atom stereocenters. The Bertz CT molecular complexity index is 2470. The molecule has 7 aromatic carbocycles. The molecule has 210 valence electrons. The first-order valence-corrected chi connectivity index (χ1v) is 15.3. The van der Waals surface area contributed by atoms with Gasteiger partial charge >= 0.3 is 0 Å². The number of pyridine rings is 1. The van der Waals surface area contributed by atoms with Crippen LogP contribution in [0, 0.1) is 0 Å². The second-order valence-corrected chi connectivity index (χ2v) is 11.5. The van der Waals surface area contributed by atoms with Crippen molar-refractivity contribution >= 4 is 43.5 Å². The Morgan fingerprint density at radius 2 is 1.04 bits per heavy atom. The van der Waals surface area contributed by atoms with Gasteiger partial charge in [0.2, 0.25) is 0 Å². The molecule has 2 aromatic heterocycles. The Balaban J connectivity index is 1.30. The van der Waals surface area contributed by atoms with Crippen LogP contribution in [0.4, 0.5) is 0 Å². The molecule has 0 saturated heterocycles. The normalized spacial score (nSPS) is 11.6. The number of benzene rings is 7. The van der Waals surface area contributed by atoms with Crippen LogP contribution in [0.5, 0.6) is 0 Å². The minimum absolute atomic E-state index is 0.858. The lowest BCUT2D eigenvalue weighted by atomic mass is 9.92. The summed E-state index contributed by atoms with van der Waals surface area (Å²) < 4.78 is 6.47. The summed E-state index contributed by atoms with van der Waals surface area (Å²) in [6.45, 7) is 0. The van der Waals surface area contributed by atoms with Gasteiger partial charge in [-0.25, -0.2) is 4.98 Å². The molecule has 9 rings (SSSR count). The summed E-state index contributed by atoms with van der Waals surface area (Å²) in [5.41, 5.74) is 10.4. The molecular weight excluding hydrogens is 546 g/mol. The first-order valence-electron chi connectivity index (χ1n) is 15.3. The van der Waals surface area contributed by atoms with Gasteiger partial charge in [-0.05, 0) is 80.2 Å². The zero-order chi connectivity index (χ0) is 29.7. The van der Waals surface area contributed by atoms with Crippen molar-refractivity contribution in [1.29, 1.82) is 0 Å². The lowest BCUT2D eigenvalue weighted by Gasteiger charge is -2.12. The van der Waals surface area contributed by atoms with Gasteiger partial charge in [-0.2, -0.15) is 0 Å². The van der Waals surface area contributed by atoms with Crippen molar-refractivity contribution in [2.45, 2.75) is 0 Å². The second-order valence-electron chi connectivity index (χ2n) is 11.5. The molecule has 0 N–H and O–H groups in total. The minimum atomic E-state index is 0.858. The Morgan fingerprint density at radius 1 is 0.356 bits per heavy atom. The first-order chi connectivity index (χ1) is 22.3. The molecule has 2 heteroatoms. The van der Waals surface area contributed by atoms with Crippen molar-refractivity contribution in [3.05, 3.63) is 164 Å². The van der Waals surface area contributed by atoms with Crippen molar-refractivity contribution in [3.63, 3.8) is 0 Å². The highest BCUT2D eigenvalue weighted by molar-refractivity contribution is 6.16. The van der Waals surface area contributed by atoms with E-state index in [0.29, 0.717) is 0 Å². The summed E-state index contributed by atoms with van der Waals surface area (Å²) in [5.74, 6) is 0. The smallest absolute Gasteiger partial charge is 0.136 e. The molecule has 2 heterocycles. The molecule has 0 unspecified atom stereocenters. The van der Waals surface area contributed by atoms with E-state index in [1.807, 2.05) is 6.07 Å². The summed E-state index contributed by atoms with van der Waals surface area (Å²) in [6.07, 6.45) is 0. The Hall–Kier alpha value is -5.99. The molecule has 0 fully saturated rings. The van der Waals surface area contributed by atoms with Crippen LogP contribution in [0.15, 0.2) is 168 Å². The van der Waals surface area contributed by atoms with Gasteiger partial charge in [0.15, 0.2) is 0 Å². The van der Waals surface area contributed by atoms with Crippen LogP contribution in [0.1, 0.15) is 0 Å². The predicted octanol–water partition coefficient (Wildman–Crippen LogP) is 12.0. The number of rotatable bonds is 4. The van der Waals surface area contributed by atoms with Gasteiger partial charge in [0.05, 0.1) is 11.4 Å². The number of hydrogen-bond donors (Lipinski definition) is 0. The molecule has 45 heavy (non-hydrogen) atoms. The van der Waals surface area contributed by atoms with Crippen LogP contribution in [-0.4, -0.2) is 4.98 Å². The average molecular weight is 574 g/mol. The largest absolute Gasteiger partial charge is 0.456 e. The number of nitrogens with zero attached hydrogens (tertiary/aromatic N) is 1. The van der Waals surface area contributed by atoms with Gasteiger partial charge in [0, 0.05) is 21.9 Å². The third-order valence-electron chi connectivity index (χ3n) is 8.85. The van der Waals surface area contributed by atoms with Crippen LogP contribution in [0.25, 0.3) is 88.3 Å². The second kappa shape index (κ2) is 10.3. The van der Waals surface area contributed by atoms with E-state index in [4.69, 9.17) is 9.40 Å². The molecule has 0 amide bonds. The molecule has 0 aliphatic rings. The van der Waals surface area contributed by atoms with Gasteiger partial charge in [0.1, 0.15) is 11.2 Å². The highest BCUT2D eigenvalue weighted by atomic mass is 16.3. The maximum atomic E-state index is 6.47. The first kappa shape index (κ1) is 25.5. The molecule has 0 aliphatic heterocycles. The fourth-order valence-corrected chi connectivity index (χ4v) is 6.72. The van der Waals surface area contributed by atoms with E-state index in [1.54, 1.807) is 0 Å². The average Bonchev–Trinajstić information content (AvgIpc) is 3.50. The molecular formula is C43H27NO. The lowest BCUT2D eigenvalue weighted by Crippen LogP contribution is -1.91. The maximum Gasteiger partial charge on any atom is 0.136 e. The van der Waals surface area contributed by atoms with Gasteiger partial charge < -0.3 is 4.42 Å².